The maximum absolute atomic E-state index is 5.80. The van der Waals surface area contributed by atoms with Gasteiger partial charge in [0.15, 0.2) is 0 Å². The normalized spacial score (nSPS) is 12.7. The Balaban J connectivity index is 3.48. The van der Waals surface area contributed by atoms with Gasteiger partial charge in [0.2, 0.25) is 0 Å². The standard InChI is InChI=1S/C20H46N4O/c1-21(2)19(22(3)4)15-11-9-13-17-25-18-14-10-12-16-20(23(5)6)24(7)8/h19-20H,9-18H2,1-8H3. The van der Waals surface area contributed by atoms with Gasteiger partial charge in [0.05, 0.1) is 12.3 Å². The summed E-state index contributed by atoms with van der Waals surface area (Å²) < 4.78 is 5.80. The van der Waals surface area contributed by atoms with E-state index in [1.807, 2.05) is 0 Å². The topological polar surface area (TPSA) is 22.2 Å². The minimum absolute atomic E-state index is 0.550. The van der Waals surface area contributed by atoms with E-state index in [0.29, 0.717) is 12.3 Å². The first-order valence-electron chi connectivity index (χ1n) is 10.0. The van der Waals surface area contributed by atoms with Gasteiger partial charge >= 0.3 is 0 Å². The van der Waals surface area contributed by atoms with E-state index in [2.05, 4.69) is 76.0 Å². The summed E-state index contributed by atoms with van der Waals surface area (Å²) in [6, 6.07) is 0. The molecule has 0 aromatic rings. The van der Waals surface area contributed by atoms with E-state index in [0.717, 1.165) is 13.2 Å². The lowest BCUT2D eigenvalue weighted by Gasteiger charge is -2.30. The van der Waals surface area contributed by atoms with E-state index in [9.17, 15) is 0 Å². The smallest absolute Gasteiger partial charge is 0.0612 e. The molecule has 0 atom stereocenters. The second-order valence-electron chi connectivity index (χ2n) is 8.13. The molecule has 0 saturated carbocycles. The number of unbranched alkanes of at least 4 members (excludes halogenated alkanes) is 4. The van der Waals surface area contributed by atoms with Gasteiger partial charge in [-0.15, -0.1) is 0 Å². The van der Waals surface area contributed by atoms with Gasteiger partial charge in [-0.25, -0.2) is 0 Å². The average molecular weight is 359 g/mol. The van der Waals surface area contributed by atoms with Gasteiger partial charge in [-0.2, -0.15) is 0 Å². The summed E-state index contributed by atoms with van der Waals surface area (Å²) >= 11 is 0. The summed E-state index contributed by atoms with van der Waals surface area (Å²) in [7, 11) is 17.3. The molecular formula is C20H46N4O. The minimum Gasteiger partial charge on any atom is -0.381 e. The molecule has 0 aliphatic heterocycles. The van der Waals surface area contributed by atoms with E-state index in [4.69, 9.17) is 4.74 Å². The zero-order valence-corrected chi connectivity index (χ0v) is 18.4. The predicted octanol–water partition coefficient (Wildman–Crippen LogP) is 3.02. The highest BCUT2D eigenvalue weighted by atomic mass is 16.5. The SMILES string of the molecule is CN(C)C(CCCCCOCCCCCC(N(C)C)N(C)C)N(C)C. The third-order valence-electron chi connectivity index (χ3n) is 4.89. The summed E-state index contributed by atoms with van der Waals surface area (Å²) in [4.78, 5) is 9.20. The van der Waals surface area contributed by atoms with Crippen LogP contribution in [0.4, 0.5) is 0 Å². The van der Waals surface area contributed by atoms with Crippen LogP contribution in [0.3, 0.4) is 0 Å². The van der Waals surface area contributed by atoms with Crippen LogP contribution in [0, 0.1) is 0 Å². The number of ether oxygens (including phenoxy) is 1. The van der Waals surface area contributed by atoms with E-state index in [-0.39, 0.29) is 0 Å². The molecule has 0 saturated heterocycles. The van der Waals surface area contributed by atoms with Gasteiger partial charge in [0, 0.05) is 13.2 Å². The van der Waals surface area contributed by atoms with Crippen molar-refractivity contribution in [3.8, 4) is 0 Å². The molecule has 0 rings (SSSR count). The summed E-state index contributed by atoms with van der Waals surface area (Å²) in [6.07, 6.45) is 11.0. The lowest BCUT2D eigenvalue weighted by atomic mass is 10.1. The van der Waals surface area contributed by atoms with Gasteiger partial charge < -0.3 is 4.74 Å². The molecule has 0 aromatic heterocycles. The Labute approximate surface area is 158 Å². The van der Waals surface area contributed by atoms with Crippen LogP contribution in [0.2, 0.25) is 0 Å². The highest BCUT2D eigenvalue weighted by molar-refractivity contribution is 4.64. The van der Waals surface area contributed by atoms with Crippen LogP contribution in [0.25, 0.3) is 0 Å². The van der Waals surface area contributed by atoms with Crippen LogP contribution in [0.1, 0.15) is 51.4 Å². The Morgan fingerprint density at radius 1 is 0.480 bits per heavy atom. The molecule has 0 aliphatic carbocycles. The van der Waals surface area contributed by atoms with Crippen LogP contribution in [-0.2, 0) is 4.74 Å². The first kappa shape index (κ1) is 24.8. The van der Waals surface area contributed by atoms with Gasteiger partial charge in [0.25, 0.3) is 0 Å². The first-order valence-corrected chi connectivity index (χ1v) is 10.0. The van der Waals surface area contributed by atoms with Crippen molar-refractivity contribution < 1.29 is 4.74 Å². The predicted molar refractivity (Wildman–Crippen MR) is 110 cm³/mol. The third-order valence-corrected chi connectivity index (χ3v) is 4.89. The van der Waals surface area contributed by atoms with Crippen molar-refractivity contribution in [1.29, 1.82) is 0 Å². The first-order chi connectivity index (χ1) is 11.8. The molecule has 0 aromatic carbocycles. The van der Waals surface area contributed by atoms with Crippen molar-refractivity contribution in [2.45, 2.75) is 63.7 Å². The molecule has 0 radical (unpaired) electrons. The molecular weight excluding hydrogens is 312 g/mol. The highest BCUT2D eigenvalue weighted by Crippen LogP contribution is 2.11. The number of hydrogen-bond donors (Lipinski definition) is 0. The van der Waals surface area contributed by atoms with Gasteiger partial charge in [0.1, 0.15) is 0 Å². The Kier molecular flexibility index (Phi) is 14.8. The summed E-state index contributed by atoms with van der Waals surface area (Å²) in [6.45, 7) is 1.85. The number of hydrogen-bond acceptors (Lipinski definition) is 5. The van der Waals surface area contributed by atoms with Crippen LogP contribution in [0.15, 0.2) is 0 Å². The van der Waals surface area contributed by atoms with Crippen molar-refractivity contribution in [3.63, 3.8) is 0 Å². The van der Waals surface area contributed by atoms with E-state index < -0.39 is 0 Å². The molecule has 0 fully saturated rings. The van der Waals surface area contributed by atoms with Crippen molar-refractivity contribution in [2.75, 3.05) is 69.6 Å². The molecule has 152 valence electrons. The summed E-state index contributed by atoms with van der Waals surface area (Å²) in [5, 5.41) is 0. The maximum Gasteiger partial charge on any atom is 0.0612 e. The fourth-order valence-corrected chi connectivity index (χ4v) is 3.47. The van der Waals surface area contributed by atoms with Crippen LogP contribution in [0.5, 0.6) is 0 Å². The largest absolute Gasteiger partial charge is 0.381 e. The zero-order chi connectivity index (χ0) is 19.2. The fraction of sp³-hybridized carbons (Fsp3) is 1.00. The van der Waals surface area contributed by atoms with Crippen LogP contribution >= 0.6 is 0 Å². The average Bonchev–Trinajstić information content (AvgIpc) is 2.50. The van der Waals surface area contributed by atoms with E-state index >= 15 is 0 Å². The Morgan fingerprint density at radius 3 is 1.08 bits per heavy atom. The maximum atomic E-state index is 5.80. The lowest BCUT2D eigenvalue weighted by molar-refractivity contribution is 0.106. The molecule has 5 nitrogen and oxygen atoms in total. The van der Waals surface area contributed by atoms with Crippen molar-refractivity contribution in [3.05, 3.63) is 0 Å². The van der Waals surface area contributed by atoms with Crippen LogP contribution in [-0.4, -0.2) is 102 Å². The molecule has 0 amide bonds. The van der Waals surface area contributed by atoms with Crippen molar-refractivity contribution in [2.24, 2.45) is 0 Å². The summed E-state index contributed by atoms with van der Waals surface area (Å²) in [5.74, 6) is 0. The Morgan fingerprint density at radius 2 is 0.800 bits per heavy atom. The molecule has 25 heavy (non-hydrogen) atoms. The van der Waals surface area contributed by atoms with Crippen LogP contribution < -0.4 is 0 Å². The molecule has 5 heteroatoms. The number of rotatable bonds is 16. The van der Waals surface area contributed by atoms with Gasteiger partial charge in [-0.3, -0.25) is 19.6 Å². The molecule has 0 aliphatic rings. The van der Waals surface area contributed by atoms with E-state index in [1.165, 1.54) is 51.4 Å². The lowest BCUT2D eigenvalue weighted by Crippen LogP contribution is -2.40. The van der Waals surface area contributed by atoms with E-state index in [1.54, 1.807) is 0 Å². The third kappa shape index (κ3) is 12.7. The van der Waals surface area contributed by atoms with Gasteiger partial charge in [-0.1, -0.05) is 25.7 Å². The van der Waals surface area contributed by atoms with Crippen molar-refractivity contribution >= 4 is 0 Å². The molecule has 0 N–H and O–H groups in total. The minimum atomic E-state index is 0.550. The molecule has 0 heterocycles. The Bertz CT molecular complexity index is 251. The molecule has 0 spiro atoms. The number of nitrogens with zero attached hydrogens (tertiary/aromatic N) is 4. The second-order valence-corrected chi connectivity index (χ2v) is 8.13. The fourth-order valence-electron chi connectivity index (χ4n) is 3.47. The van der Waals surface area contributed by atoms with Crippen molar-refractivity contribution in [1.82, 2.24) is 19.6 Å². The quantitative estimate of drug-likeness (QED) is 0.312. The molecule has 0 bridgehead atoms. The highest BCUT2D eigenvalue weighted by Gasteiger charge is 2.13. The second kappa shape index (κ2) is 14.9. The molecule has 0 unspecified atom stereocenters. The Hall–Kier alpha value is -0.200. The zero-order valence-electron chi connectivity index (χ0n) is 18.4. The summed E-state index contributed by atoms with van der Waals surface area (Å²) in [5.41, 5.74) is 0. The monoisotopic (exact) mass is 358 g/mol. The van der Waals surface area contributed by atoms with Gasteiger partial charge in [-0.05, 0) is 82.1 Å².